The van der Waals surface area contributed by atoms with Crippen LogP contribution in [0.2, 0.25) is 0 Å². The van der Waals surface area contributed by atoms with Crippen LogP contribution in [0.3, 0.4) is 0 Å². The van der Waals surface area contributed by atoms with Gasteiger partial charge in [-0.3, -0.25) is 9.59 Å². The molecule has 0 atom stereocenters. The highest BCUT2D eigenvalue weighted by atomic mass is 79.9. The molecule has 2 amide bonds. The van der Waals surface area contributed by atoms with E-state index in [1.54, 1.807) is 11.3 Å². The van der Waals surface area contributed by atoms with Gasteiger partial charge in [-0.15, -0.1) is 11.3 Å². The summed E-state index contributed by atoms with van der Waals surface area (Å²) in [6.07, 6.45) is 4.90. The first-order chi connectivity index (χ1) is 10.1. The molecule has 116 valence electrons. The van der Waals surface area contributed by atoms with Crippen molar-refractivity contribution >= 4 is 39.1 Å². The van der Waals surface area contributed by atoms with Crippen LogP contribution in [0.15, 0.2) is 15.9 Å². The third-order valence-electron chi connectivity index (χ3n) is 3.55. The summed E-state index contributed by atoms with van der Waals surface area (Å²) >= 11 is 5.16. The number of nitrogens with zero attached hydrogens (tertiary/aromatic N) is 1. The van der Waals surface area contributed by atoms with Crippen LogP contribution in [-0.2, 0) is 16.0 Å². The summed E-state index contributed by atoms with van der Waals surface area (Å²) in [6, 6.07) is 4.14. The highest BCUT2D eigenvalue weighted by Crippen LogP contribution is 2.23. The molecule has 1 fully saturated rings. The number of likely N-dealkylation sites (tertiary alicyclic amines) is 1. The largest absolute Gasteiger partial charge is 0.356 e. The van der Waals surface area contributed by atoms with E-state index in [1.165, 1.54) is 4.88 Å². The van der Waals surface area contributed by atoms with Crippen molar-refractivity contribution in [1.29, 1.82) is 0 Å². The van der Waals surface area contributed by atoms with E-state index in [2.05, 4.69) is 27.3 Å². The first kappa shape index (κ1) is 16.5. The Labute approximate surface area is 138 Å². The minimum Gasteiger partial charge on any atom is -0.356 e. The van der Waals surface area contributed by atoms with E-state index in [4.69, 9.17) is 0 Å². The first-order valence-electron chi connectivity index (χ1n) is 7.44. The van der Waals surface area contributed by atoms with Gasteiger partial charge in [-0.1, -0.05) is 0 Å². The fourth-order valence-electron chi connectivity index (χ4n) is 2.44. The van der Waals surface area contributed by atoms with Crippen molar-refractivity contribution in [3.05, 3.63) is 20.8 Å². The molecule has 0 aliphatic carbocycles. The van der Waals surface area contributed by atoms with Gasteiger partial charge in [0, 0.05) is 37.4 Å². The second-order valence-corrected chi connectivity index (χ2v) is 7.79. The molecule has 0 unspecified atom stereocenters. The van der Waals surface area contributed by atoms with Gasteiger partial charge in [0.2, 0.25) is 11.8 Å². The lowest BCUT2D eigenvalue weighted by atomic mass is 10.2. The Morgan fingerprint density at radius 2 is 2.24 bits per heavy atom. The van der Waals surface area contributed by atoms with E-state index < -0.39 is 0 Å². The van der Waals surface area contributed by atoms with Gasteiger partial charge in [0.25, 0.3) is 0 Å². The van der Waals surface area contributed by atoms with Crippen LogP contribution in [0, 0.1) is 0 Å². The van der Waals surface area contributed by atoms with E-state index in [-0.39, 0.29) is 11.8 Å². The normalized spacial score (nSPS) is 14.7. The predicted molar refractivity (Wildman–Crippen MR) is 88.4 cm³/mol. The van der Waals surface area contributed by atoms with Gasteiger partial charge in [0.05, 0.1) is 3.79 Å². The van der Waals surface area contributed by atoms with E-state index in [9.17, 15) is 9.59 Å². The predicted octanol–water partition coefficient (Wildman–Crippen LogP) is 2.96. The number of carbonyl (C=O) groups excluding carboxylic acids is 2. The van der Waals surface area contributed by atoms with E-state index >= 15 is 0 Å². The molecule has 1 aliphatic heterocycles. The van der Waals surface area contributed by atoms with E-state index in [0.717, 1.165) is 42.6 Å². The van der Waals surface area contributed by atoms with Gasteiger partial charge < -0.3 is 10.2 Å². The van der Waals surface area contributed by atoms with Crippen LogP contribution in [0.4, 0.5) is 0 Å². The highest BCUT2D eigenvalue weighted by molar-refractivity contribution is 9.11. The lowest BCUT2D eigenvalue weighted by Crippen LogP contribution is -2.30. The number of amides is 2. The molecule has 4 nitrogen and oxygen atoms in total. The number of thiophene rings is 1. The molecule has 1 saturated heterocycles. The molecule has 0 aromatic carbocycles. The summed E-state index contributed by atoms with van der Waals surface area (Å²) in [5.41, 5.74) is 0. The molecule has 0 radical (unpaired) electrons. The standard InChI is InChI=1S/C15H21BrN2O2S/c16-13-8-7-12(21-13)4-1-5-14(19)17-9-3-11-18-10-2-6-15(18)20/h7-8H,1-6,9-11H2,(H,17,19). The van der Waals surface area contributed by atoms with Gasteiger partial charge in [-0.05, 0) is 53.7 Å². The van der Waals surface area contributed by atoms with Crippen molar-refractivity contribution in [1.82, 2.24) is 10.2 Å². The summed E-state index contributed by atoms with van der Waals surface area (Å²) < 4.78 is 1.14. The molecule has 1 aliphatic rings. The van der Waals surface area contributed by atoms with Crippen LogP contribution in [0.5, 0.6) is 0 Å². The van der Waals surface area contributed by atoms with Crippen LogP contribution in [0.1, 0.15) is 37.0 Å². The average Bonchev–Trinajstić information content (AvgIpc) is 3.04. The van der Waals surface area contributed by atoms with E-state index in [1.807, 2.05) is 11.0 Å². The third-order valence-corrected chi connectivity index (χ3v) is 5.24. The Balaban J connectivity index is 1.50. The summed E-state index contributed by atoms with van der Waals surface area (Å²) in [5, 5.41) is 2.93. The van der Waals surface area contributed by atoms with Gasteiger partial charge >= 0.3 is 0 Å². The Bertz CT molecular complexity index is 490. The number of hydrogen-bond acceptors (Lipinski definition) is 3. The number of halogens is 1. The molecule has 2 heterocycles. The molecular weight excluding hydrogens is 352 g/mol. The zero-order valence-electron chi connectivity index (χ0n) is 12.1. The monoisotopic (exact) mass is 372 g/mol. The SMILES string of the molecule is O=C(CCCc1ccc(Br)s1)NCCCN1CCCC1=O. The number of rotatable bonds is 8. The Morgan fingerprint density at radius 3 is 2.90 bits per heavy atom. The summed E-state index contributed by atoms with van der Waals surface area (Å²) in [5.74, 6) is 0.363. The molecule has 0 bridgehead atoms. The molecule has 0 spiro atoms. The van der Waals surface area contributed by atoms with Crippen molar-refractivity contribution in [3.63, 3.8) is 0 Å². The van der Waals surface area contributed by atoms with Crippen molar-refractivity contribution in [2.75, 3.05) is 19.6 Å². The summed E-state index contributed by atoms with van der Waals surface area (Å²) in [6.45, 7) is 2.30. The zero-order chi connectivity index (χ0) is 15.1. The highest BCUT2D eigenvalue weighted by Gasteiger charge is 2.18. The van der Waals surface area contributed by atoms with Crippen molar-refractivity contribution in [3.8, 4) is 0 Å². The maximum atomic E-state index is 11.7. The number of carbonyl (C=O) groups is 2. The lowest BCUT2D eigenvalue weighted by Gasteiger charge is -2.15. The maximum absolute atomic E-state index is 11.7. The topological polar surface area (TPSA) is 49.4 Å². The van der Waals surface area contributed by atoms with Crippen molar-refractivity contribution in [2.45, 2.75) is 38.5 Å². The van der Waals surface area contributed by atoms with Crippen molar-refractivity contribution in [2.24, 2.45) is 0 Å². The number of hydrogen-bond donors (Lipinski definition) is 1. The number of nitrogens with one attached hydrogen (secondary N) is 1. The second-order valence-electron chi connectivity index (χ2n) is 5.25. The second kappa shape index (κ2) is 8.54. The molecule has 21 heavy (non-hydrogen) atoms. The van der Waals surface area contributed by atoms with Gasteiger partial charge in [-0.25, -0.2) is 0 Å². The maximum Gasteiger partial charge on any atom is 0.222 e. The Kier molecular flexibility index (Phi) is 6.70. The average molecular weight is 373 g/mol. The van der Waals surface area contributed by atoms with Crippen molar-refractivity contribution < 1.29 is 9.59 Å². The van der Waals surface area contributed by atoms with Crippen LogP contribution < -0.4 is 5.32 Å². The van der Waals surface area contributed by atoms with Crippen LogP contribution in [-0.4, -0.2) is 36.3 Å². The summed E-state index contributed by atoms with van der Waals surface area (Å²) in [7, 11) is 0. The van der Waals surface area contributed by atoms with Gasteiger partial charge in [0.1, 0.15) is 0 Å². The fourth-order valence-corrected chi connectivity index (χ4v) is 3.96. The Hall–Kier alpha value is -0.880. The fraction of sp³-hybridized carbons (Fsp3) is 0.600. The molecule has 1 aromatic heterocycles. The quantitative estimate of drug-likeness (QED) is 0.713. The molecule has 1 aromatic rings. The molecule has 1 N–H and O–H groups in total. The summed E-state index contributed by atoms with van der Waals surface area (Å²) in [4.78, 5) is 26.3. The molecule has 0 saturated carbocycles. The first-order valence-corrected chi connectivity index (χ1v) is 9.05. The number of aryl methyl sites for hydroxylation is 1. The minimum absolute atomic E-state index is 0.110. The molecular formula is C15H21BrN2O2S. The minimum atomic E-state index is 0.110. The van der Waals surface area contributed by atoms with Crippen LogP contribution >= 0.6 is 27.3 Å². The van der Waals surface area contributed by atoms with Gasteiger partial charge in [-0.2, -0.15) is 0 Å². The molecule has 2 rings (SSSR count). The van der Waals surface area contributed by atoms with E-state index in [0.29, 0.717) is 19.4 Å². The van der Waals surface area contributed by atoms with Gasteiger partial charge in [0.15, 0.2) is 0 Å². The van der Waals surface area contributed by atoms with Crippen LogP contribution in [0.25, 0.3) is 0 Å². The Morgan fingerprint density at radius 1 is 1.38 bits per heavy atom. The molecule has 6 heteroatoms. The lowest BCUT2D eigenvalue weighted by molar-refractivity contribution is -0.127. The zero-order valence-corrected chi connectivity index (χ0v) is 14.5. The smallest absolute Gasteiger partial charge is 0.222 e. The third kappa shape index (κ3) is 5.79.